The Bertz CT molecular complexity index is 214. The van der Waals surface area contributed by atoms with Gasteiger partial charge in [-0.2, -0.15) is 0 Å². The van der Waals surface area contributed by atoms with Crippen molar-refractivity contribution in [3.8, 4) is 0 Å². The van der Waals surface area contributed by atoms with Crippen molar-refractivity contribution in [2.24, 2.45) is 11.8 Å². The van der Waals surface area contributed by atoms with Gasteiger partial charge in [0.25, 0.3) is 0 Å². The Kier molecular flexibility index (Phi) is 8.23. The maximum Gasteiger partial charge on any atom is 0.236 e. The van der Waals surface area contributed by atoms with Crippen LogP contribution in [0.25, 0.3) is 0 Å². The number of amides is 1. The molecular formula is C14H30N2O. The van der Waals surface area contributed by atoms with E-state index in [2.05, 4.69) is 45.3 Å². The van der Waals surface area contributed by atoms with Crippen LogP contribution < -0.4 is 10.6 Å². The van der Waals surface area contributed by atoms with Gasteiger partial charge in [0.15, 0.2) is 0 Å². The smallest absolute Gasteiger partial charge is 0.236 e. The Balaban J connectivity index is 4.17. The molecule has 0 aromatic heterocycles. The molecule has 3 nitrogen and oxygen atoms in total. The second-order valence-electron chi connectivity index (χ2n) is 5.84. The van der Waals surface area contributed by atoms with Crippen molar-refractivity contribution in [3.63, 3.8) is 0 Å². The van der Waals surface area contributed by atoms with Gasteiger partial charge in [0.1, 0.15) is 0 Å². The minimum absolute atomic E-state index is 0.0536. The molecule has 0 aliphatic rings. The molecule has 0 spiro atoms. The fourth-order valence-electron chi connectivity index (χ4n) is 1.91. The second kappa shape index (κ2) is 8.51. The van der Waals surface area contributed by atoms with E-state index in [1.165, 1.54) is 6.42 Å². The summed E-state index contributed by atoms with van der Waals surface area (Å²) >= 11 is 0. The van der Waals surface area contributed by atoms with Crippen LogP contribution in [0.3, 0.4) is 0 Å². The molecule has 1 amide bonds. The van der Waals surface area contributed by atoms with Crippen molar-refractivity contribution >= 4 is 5.91 Å². The highest BCUT2D eigenvalue weighted by atomic mass is 16.2. The highest BCUT2D eigenvalue weighted by molar-refractivity contribution is 5.81. The molecule has 0 aromatic rings. The fraction of sp³-hybridized carbons (Fsp3) is 0.929. The summed E-state index contributed by atoms with van der Waals surface area (Å²) in [7, 11) is 1.70. The van der Waals surface area contributed by atoms with Crippen LogP contribution in [0.1, 0.15) is 53.9 Å². The summed E-state index contributed by atoms with van der Waals surface area (Å²) < 4.78 is 0. The minimum Gasteiger partial charge on any atom is -0.358 e. The maximum absolute atomic E-state index is 11.7. The summed E-state index contributed by atoms with van der Waals surface area (Å²) in [6.45, 7) is 10.9. The summed E-state index contributed by atoms with van der Waals surface area (Å²) in [5, 5.41) is 6.18. The van der Waals surface area contributed by atoms with Gasteiger partial charge in [0.2, 0.25) is 5.91 Å². The molecule has 0 bridgehead atoms. The number of rotatable bonds is 8. The molecule has 0 saturated carbocycles. The Morgan fingerprint density at radius 2 is 1.59 bits per heavy atom. The molecule has 3 heteroatoms. The molecular weight excluding hydrogens is 212 g/mol. The van der Waals surface area contributed by atoms with Gasteiger partial charge in [-0.3, -0.25) is 4.79 Å². The van der Waals surface area contributed by atoms with Gasteiger partial charge in [-0.15, -0.1) is 0 Å². The summed E-state index contributed by atoms with van der Waals surface area (Å²) in [4.78, 5) is 11.7. The van der Waals surface area contributed by atoms with E-state index in [1.54, 1.807) is 7.05 Å². The van der Waals surface area contributed by atoms with Crippen LogP contribution in [-0.4, -0.2) is 25.0 Å². The zero-order chi connectivity index (χ0) is 13.4. The number of carbonyl (C=O) groups is 1. The van der Waals surface area contributed by atoms with Crippen LogP contribution in [-0.2, 0) is 4.79 Å². The summed E-state index contributed by atoms with van der Waals surface area (Å²) in [6, 6.07) is 0.348. The van der Waals surface area contributed by atoms with Crippen molar-refractivity contribution in [1.82, 2.24) is 10.6 Å². The molecule has 2 unspecified atom stereocenters. The van der Waals surface area contributed by atoms with Crippen molar-refractivity contribution in [3.05, 3.63) is 0 Å². The van der Waals surface area contributed by atoms with E-state index < -0.39 is 0 Å². The van der Waals surface area contributed by atoms with Crippen LogP contribution in [0.15, 0.2) is 0 Å². The van der Waals surface area contributed by atoms with Crippen molar-refractivity contribution in [2.45, 2.75) is 66.0 Å². The lowest BCUT2D eigenvalue weighted by Gasteiger charge is -2.24. The first kappa shape index (κ1) is 16.4. The zero-order valence-corrected chi connectivity index (χ0v) is 12.3. The van der Waals surface area contributed by atoms with E-state index in [-0.39, 0.29) is 11.9 Å². The lowest BCUT2D eigenvalue weighted by Crippen LogP contribution is -2.47. The van der Waals surface area contributed by atoms with Crippen molar-refractivity contribution < 1.29 is 4.79 Å². The first-order valence-electron chi connectivity index (χ1n) is 6.84. The number of hydrogen-bond donors (Lipinski definition) is 2. The molecule has 0 aromatic carbocycles. The highest BCUT2D eigenvalue weighted by Crippen LogP contribution is 2.10. The van der Waals surface area contributed by atoms with Gasteiger partial charge in [-0.25, -0.2) is 0 Å². The number of nitrogens with one attached hydrogen (secondary N) is 2. The Labute approximate surface area is 107 Å². The molecule has 0 aliphatic heterocycles. The fourth-order valence-corrected chi connectivity index (χ4v) is 1.91. The second-order valence-corrected chi connectivity index (χ2v) is 5.84. The van der Waals surface area contributed by atoms with Crippen molar-refractivity contribution in [1.29, 1.82) is 0 Å². The standard InChI is InChI=1S/C14H30N2O/c1-10(2)7-8-12(5)16-13(9-11(3)4)14(17)15-6/h10-13,16H,7-9H2,1-6H3,(H,15,17). The van der Waals surface area contributed by atoms with Crippen LogP contribution >= 0.6 is 0 Å². The Morgan fingerprint density at radius 3 is 2.00 bits per heavy atom. The van der Waals surface area contributed by atoms with Gasteiger partial charge in [-0.1, -0.05) is 27.7 Å². The van der Waals surface area contributed by atoms with E-state index in [1.807, 2.05) is 0 Å². The van der Waals surface area contributed by atoms with Crippen LogP contribution in [0.4, 0.5) is 0 Å². The van der Waals surface area contributed by atoms with Gasteiger partial charge < -0.3 is 10.6 Å². The average molecular weight is 242 g/mol. The molecule has 0 fully saturated rings. The topological polar surface area (TPSA) is 41.1 Å². The Morgan fingerprint density at radius 1 is 1.00 bits per heavy atom. The molecule has 0 radical (unpaired) electrons. The Hall–Kier alpha value is -0.570. The van der Waals surface area contributed by atoms with E-state index in [0.29, 0.717) is 12.0 Å². The van der Waals surface area contributed by atoms with Gasteiger partial charge in [0.05, 0.1) is 6.04 Å². The third-order valence-corrected chi connectivity index (χ3v) is 2.93. The molecule has 2 atom stereocenters. The molecule has 0 saturated heterocycles. The van der Waals surface area contributed by atoms with Crippen LogP contribution in [0.5, 0.6) is 0 Å². The molecule has 17 heavy (non-hydrogen) atoms. The first-order chi connectivity index (χ1) is 7.86. The lowest BCUT2D eigenvalue weighted by molar-refractivity contribution is -0.123. The van der Waals surface area contributed by atoms with Crippen molar-refractivity contribution in [2.75, 3.05) is 7.05 Å². The molecule has 2 N–H and O–H groups in total. The molecule has 0 aliphatic carbocycles. The first-order valence-corrected chi connectivity index (χ1v) is 6.84. The van der Waals surface area contributed by atoms with E-state index in [9.17, 15) is 4.79 Å². The largest absolute Gasteiger partial charge is 0.358 e. The molecule has 0 rings (SSSR count). The van der Waals surface area contributed by atoms with Gasteiger partial charge in [0, 0.05) is 13.1 Å². The van der Waals surface area contributed by atoms with Crippen LogP contribution in [0.2, 0.25) is 0 Å². The summed E-state index contributed by atoms with van der Waals surface area (Å²) in [6.07, 6.45) is 3.23. The SMILES string of the molecule is CNC(=O)C(CC(C)C)NC(C)CCC(C)C. The highest BCUT2D eigenvalue weighted by Gasteiger charge is 2.20. The molecule has 0 heterocycles. The summed E-state index contributed by atoms with van der Waals surface area (Å²) in [5.41, 5.74) is 0. The predicted octanol–water partition coefficient (Wildman–Crippen LogP) is 2.56. The van der Waals surface area contributed by atoms with Gasteiger partial charge >= 0.3 is 0 Å². The minimum atomic E-state index is -0.0536. The van der Waals surface area contributed by atoms with E-state index in [0.717, 1.165) is 18.8 Å². The monoisotopic (exact) mass is 242 g/mol. The number of likely N-dealkylation sites (N-methyl/N-ethyl adjacent to an activating group) is 1. The molecule has 102 valence electrons. The van der Waals surface area contributed by atoms with Gasteiger partial charge in [-0.05, 0) is 38.0 Å². The quantitative estimate of drug-likeness (QED) is 0.687. The number of carbonyl (C=O) groups excluding carboxylic acids is 1. The number of hydrogen-bond acceptors (Lipinski definition) is 2. The normalized spacial score (nSPS) is 15.1. The lowest BCUT2D eigenvalue weighted by atomic mass is 10.00. The third kappa shape index (κ3) is 8.19. The van der Waals surface area contributed by atoms with E-state index in [4.69, 9.17) is 0 Å². The maximum atomic E-state index is 11.7. The predicted molar refractivity (Wildman–Crippen MR) is 74.0 cm³/mol. The van der Waals surface area contributed by atoms with E-state index >= 15 is 0 Å². The van der Waals surface area contributed by atoms with Crippen LogP contribution in [0, 0.1) is 11.8 Å². The summed E-state index contributed by atoms with van der Waals surface area (Å²) in [5.74, 6) is 1.36. The third-order valence-electron chi connectivity index (χ3n) is 2.93. The average Bonchev–Trinajstić information content (AvgIpc) is 2.23. The zero-order valence-electron chi connectivity index (χ0n) is 12.3.